The molecule has 0 saturated heterocycles. The standard InChI is InChI=1S/C20H19BrN2O4/c21-15-11-18-17(26-6-7-27-18)9-14(15)10-19(24)23-5-1-2-12-8-13(20(22)25)3-4-16(12)23/h3-4,8-9,11H,1-2,5-7,10H2,(H2,22,25). The molecule has 0 atom stereocenters. The van der Waals surface area contributed by atoms with Crippen LogP contribution in [0.2, 0.25) is 0 Å². The van der Waals surface area contributed by atoms with Crippen molar-refractivity contribution >= 4 is 33.4 Å². The fourth-order valence-corrected chi connectivity index (χ4v) is 3.97. The number of fused-ring (bicyclic) bond motifs is 2. The smallest absolute Gasteiger partial charge is 0.248 e. The van der Waals surface area contributed by atoms with Crippen molar-refractivity contribution in [3.05, 3.63) is 51.5 Å². The number of rotatable bonds is 3. The first-order chi connectivity index (χ1) is 13.0. The molecule has 0 bridgehead atoms. The molecule has 0 aromatic heterocycles. The van der Waals surface area contributed by atoms with E-state index < -0.39 is 5.91 Å². The number of hydrogen-bond donors (Lipinski definition) is 1. The Bertz CT molecular complexity index is 928. The highest BCUT2D eigenvalue weighted by Crippen LogP contribution is 2.36. The highest BCUT2D eigenvalue weighted by molar-refractivity contribution is 9.10. The van der Waals surface area contributed by atoms with Crippen LogP contribution in [-0.4, -0.2) is 31.6 Å². The second kappa shape index (κ2) is 7.23. The molecular weight excluding hydrogens is 412 g/mol. The molecule has 0 radical (unpaired) electrons. The third-order valence-electron chi connectivity index (χ3n) is 4.84. The summed E-state index contributed by atoms with van der Waals surface area (Å²) in [5, 5.41) is 0. The van der Waals surface area contributed by atoms with Crippen LogP contribution in [0.1, 0.15) is 27.9 Å². The van der Waals surface area contributed by atoms with E-state index in [1.54, 1.807) is 17.0 Å². The average molecular weight is 431 g/mol. The third kappa shape index (κ3) is 3.51. The first kappa shape index (κ1) is 17.9. The molecule has 2 amide bonds. The van der Waals surface area contributed by atoms with Crippen LogP contribution in [0.15, 0.2) is 34.8 Å². The van der Waals surface area contributed by atoms with Crippen molar-refractivity contribution in [3.63, 3.8) is 0 Å². The van der Waals surface area contributed by atoms with Gasteiger partial charge in [-0.25, -0.2) is 0 Å². The number of nitrogens with zero attached hydrogens (tertiary/aromatic N) is 1. The van der Waals surface area contributed by atoms with Crippen LogP contribution in [0.3, 0.4) is 0 Å². The Morgan fingerprint density at radius 1 is 1.11 bits per heavy atom. The first-order valence-electron chi connectivity index (χ1n) is 8.84. The fraction of sp³-hybridized carbons (Fsp3) is 0.300. The Balaban J connectivity index is 1.59. The summed E-state index contributed by atoms with van der Waals surface area (Å²) in [6.45, 7) is 1.68. The van der Waals surface area contributed by atoms with Gasteiger partial charge in [0, 0.05) is 22.3 Å². The number of hydrogen-bond acceptors (Lipinski definition) is 4. The lowest BCUT2D eigenvalue weighted by molar-refractivity contribution is -0.118. The number of benzene rings is 2. The Morgan fingerprint density at radius 2 is 1.85 bits per heavy atom. The van der Waals surface area contributed by atoms with Gasteiger partial charge >= 0.3 is 0 Å². The lowest BCUT2D eigenvalue weighted by atomic mass is 9.98. The molecule has 0 saturated carbocycles. The van der Waals surface area contributed by atoms with Gasteiger partial charge in [0.05, 0.1) is 6.42 Å². The summed E-state index contributed by atoms with van der Waals surface area (Å²) < 4.78 is 12.0. The van der Waals surface area contributed by atoms with E-state index >= 15 is 0 Å². The molecule has 2 N–H and O–H groups in total. The number of carbonyl (C=O) groups excluding carboxylic acids is 2. The van der Waals surface area contributed by atoms with Crippen molar-refractivity contribution in [2.45, 2.75) is 19.3 Å². The predicted molar refractivity (Wildman–Crippen MR) is 104 cm³/mol. The molecule has 0 aliphatic carbocycles. The van der Waals surface area contributed by atoms with Crippen LogP contribution in [0.5, 0.6) is 11.5 Å². The highest BCUT2D eigenvalue weighted by Gasteiger charge is 2.25. The van der Waals surface area contributed by atoms with E-state index in [2.05, 4.69) is 15.9 Å². The van der Waals surface area contributed by atoms with Crippen molar-refractivity contribution < 1.29 is 19.1 Å². The van der Waals surface area contributed by atoms with Crippen LogP contribution in [0.4, 0.5) is 5.69 Å². The Kier molecular flexibility index (Phi) is 4.78. The molecule has 2 heterocycles. The first-order valence-corrected chi connectivity index (χ1v) is 9.63. The minimum atomic E-state index is -0.457. The number of primary amides is 1. The normalized spacial score (nSPS) is 15.2. The topological polar surface area (TPSA) is 81.9 Å². The van der Waals surface area contributed by atoms with Crippen molar-refractivity contribution in [2.75, 3.05) is 24.7 Å². The molecule has 2 aliphatic heterocycles. The molecule has 6 nitrogen and oxygen atoms in total. The van der Waals surface area contributed by atoms with Crippen LogP contribution < -0.4 is 20.1 Å². The average Bonchev–Trinajstić information content (AvgIpc) is 2.67. The van der Waals surface area contributed by atoms with Gasteiger partial charge in [0.2, 0.25) is 11.8 Å². The zero-order valence-electron chi connectivity index (χ0n) is 14.7. The zero-order chi connectivity index (χ0) is 19.0. The Hall–Kier alpha value is -2.54. The second-order valence-corrected chi connectivity index (χ2v) is 7.48. The number of anilines is 1. The van der Waals surface area contributed by atoms with Gasteiger partial charge in [-0.15, -0.1) is 0 Å². The molecule has 2 aromatic rings. The molecule has 0 fully saturated rings. The van der Waals surface area contributed by atoms with Gasteiger partial charge in [-0.2, -0.15) is 0 Å². The maximum Gasteiger partial charge on any atom is 0.248 e. The van der Waals surface area contributed by atoms with E-state index in [-0.39, 0.29) is 12.3 Å². The Morgan fingerprint density at radius 3 is 2.59 bits per heavy atom. The maximum atomic E-state index is 13.0. The molecule has 2 aliphatic rings. The number of amides is 2. The molecular formula is C20H19BrN2O4. The molecule has 4 rings (SSSR count). The van der Waals surface area contributed by atoms with Crippen LogP contribution >= 0.6 is 15.9 Å². The summed E-state index contributed by atoms with van der Waals surface area (Å²) >= 11 is 3.53. The third-order valence-corrected chi connectivity index (χ3v) is 5.57. The van der Waals surface area contributed by atoms with Gasteiger partial charge in [0.15, 0.2) is 11.5 Å². The second-order valence-electron chi connectivity index (χ2n) is 6.62. The van der Waals surface area contributed by atoms with Gasteiger partial charge in [0.1, 0.15) is 13.2 Å². The summed E-state index contributed by atoms with van der Waals surface area (Å²) in [6, 6.07) is 8.98. The lowest BCUT2D eigenvalue weighted by Crippen LogP contribution is -2.36. The van der Waals surface area contributed by atoms with E-state index in [0.717, 1.165) is 34.1 Å². The summed E-state index contributed by atoms with van der Waals surface area (Å²) in [4.78, 5) is 26.2. The van der Waals surface area contributed by atoms with E-state index in [0.29, 0.717) is 36.8 Å². The molecule has 2 aromatic carbocycles. The van der Waals surface area contributed by atoms with Gasteiger partial charge in [-0.05, 0) is 54.3 Å². The van der Waals surface area contributed by atoms with Crippen LogP contribution in [0, 0.1) is 0 Å². The van der Waals surface area contributed by atoms with Crippen molar-refractivity contribution in [3.8, 4) is 11.5 Å². The minimum Gasteiger partial charge on any atom is -0.486 e. The summed E-state index contributed by atoms with van der Waals surface area (Å²) in [5.74, 6) is 0.894. The Labute approximate surface area is 165 Å². The van der Waals surface area contributed by atoms with Gasteiger partial charge in [-0.3, -0.25) is 9.59 Å². The number of halogens is 1. The molecule has 7 heteroatoms. The van der Waals surface area contributed by atoms with Gasteiger partial charge in [-0.1, -0.05) is 15.9 Å². The lowest BCUT2D eigenvalue weighted by Gasteiger charge is -2.30. The molecule has 27 heavy (non-hydrogen) atoms. The summed E-state index contributed by atoms with van der Waals surface area (Å²) in [5.41, 5.74) is 8.52. The van der Waals surface area contributed by atoms with Crippen LogP contribution in [-0.2, 0) is 17.6 Å². The maximum absolute atomic E-state index is 13.0. The monoisotopic (exact) mass is 430 g/mol. The van der Waals surface area contributed by atoms with E-state index in [1.165, 1.54) is 0 Å². The number of ether oxygens (including phenoxy) is 2. The van der Waals surface area contributed by atoms with Gasteiger partial charge < -0.3 is 20.1 Å². The summed E-state index contributed by atoms with van der Waals surface area (Å²) in [7, 11) is 0. The summed E-state index contributed by atoms with van der Waals surface area (Å²) in [6.07, 6.45) is 1.92. The van der Waals surface area contributed by atoms with Gasteiger partial charge in [0.25, 0.3) is 0 Å². The largest absolute Gasteiger partial charge is 0.486 e. The van der Waals surface area contributed by atoms with Crippen molar-refractivity contribution in [1.82, 2.24) is 0 Å². The predicted octanol–water partition coefficient (Wildman–Crippen LogP) is 2.84. The van der Waals surface area contributed by atoms with E-state index in [1.807, 2.05) is 18.2 Å². The van der Waals surface area contributed by atoms with Crippen molar-refractivity contribution in [2.24, 2.45) is 5.73 Å². The van der Waals surface area contributed by atoms with E-state index in [4.69, 9.17) is 15.2 Å². The quantitative estimate of drug-likeness (QED) is 0.811. The zero-order valence-corrected chi connectivity index (χ0v) is 16.3. The molecule has 140 valence electrons. The highest BCUT2D eigenvalue weighted by atomic mass is 79.9. The number of nitrogens with two attached hydrogens (primary N) is 1. The number of aryl methyl sites for hydroxylation is 1. The van der Waals surface area contributed by atoms with Crippen LogP contribution in [0.25, 0.3) is 0 Å². The van der Waals surface area contributed by atoms with E-state index in [9.17, 15) is 9.59 Å². The molecule has 0 spiro atoms. The molecule has 0 unspecified atom stereocenters. The SMILES string of the molecule is NC(=O)c1ccc2c(c1)CCCN2C(=O)Cc1cc2c(cc1Br)OCCO2. The fourth-order valence-electron chi connectivity index (χ4n) is 3.51. The minimum absolute atomic E-state index is 0.000141. The van der Waals surface area contributed by atoms with Crippen molar-refractivity contribution in [1.29, 1.82) is 0 Å². The number of carbonyl (C=O) groups is 2.